The summed E-state index contributed by atoms with van der Waals surface area (Å²) in [5, 5.41) is 8.66. The Bertz CT molecular complexity index is 773. The maximum atomic E-state index is 12.7. The van der Waals surface area contributed by atoms with Crippen molar-refractivity contribution in [3.8, 4) is 11.5 Å². The second kappa shape index (κ2) is 7.63. The summed E-state index contributed by atoms with van der Waals surface area (Å²) in [4.78, 5) is 11.6. The highest BCUT2D eigenvalue weighted by Crippen LogP contribution is 2.40. The fourth-order valence-corrected chi connectivity index (χ4v) is 2.55. The molecule has 1 atom stereocenters. The van der Waals surface area contributed by atoms with Gasteiger partial charge in [-0.1, -0.05) is 41.4 Å². The lowest BCUT2D eigenvalue weighted by molar-refractivity contribution is -0.156. The third-order valence-corrected chi connectivity index (χ3v) is 3.92. The minimum Gasteiger partial charge on any atom is -0.486 e. The van der Waals surface area contributed by atoms with Crippen LogP contribution in [0.4, 0.5) is 13.2 Å². The summed E-state index contributed by atoms with van der Waals surface area (Å²) >= 11 is 11.6. The summed E-state index contributed by atoms with van der Waals surface area (Å²) in [6.07, 6.45) is -4.63. The third kappa shape index (κ3) is 4.74. The van der Waals surface area contributed by atoms with Crippen LogP contribution >= 0.6 is 23.2 Å². The van der Waals surface area contributed by atoms with Gasteiger partial charge in [0.1, 0.15) is 12.4 Å². The van der Waals surface area contributed by atoms with Crippen LogP contribution in [0.5, 0.6) is 11.5 Å². The van der Waals surface area contributed by atoms with Gasteiger partial charge in [0.2, 0.25) is 5.60 Å². The summed E-state index contributed by atoms with van der Waals surface area (Å²) in [7, 11) is 0. The molecule has 2 aromatic rings. The van der Waals surface area contributed by atoms with Crippen LogP contribution in [-0.4, -0.2) is 23.3 Å². The Labute approximate surface area is 157 Å². The maximum Gasteiger partial charge on any atom is 0.416 e. The van der Waals surface area contributed by atoms with Crippen LogP contribution in [0.15, 0.2) is 42.5 Å². The molecule has 0 aliphatic heterocycles. The zero-order chi connectivity index (χ0) is 19.5. The molecule has 1 N–H and O–H groups in total. The van der Waals surface area contributed by atoms with E-state index in [9.17, 15) is 23.1 Å². The molecule has 0 aromatic heterocycles. The van der Waals surface area contributed by atoms with Crippen LogP contribution in [0.1, 0.15) is 12.5 Å². The number of hydrogen-bond acceptors (Lipinski definition) is 3. The van der Waals surface area contributed by atoms with E-state index in [0.29, 0.717) is 12.1 Å². The van der Waals surface area contributed by atoms with E-state index < -0.39 is 40.0 Å². The summed E-state index contributed by atoms with van der Waals surface area (Å²) < 4.78 is 49.0. The third-order valence-electron chi connectivity index (χ3n) is 3.36. The molecule has 2 aromatic carbocycles. The largest absolute Gasteiger partial charge is 0.486 e. The van der Waals surface area contributed by atoms with Crippen molar-refractivity contribution in [3.05, 3.63) is 58.1 Å². The van der Waals surface area contributed by atoms with Gasteiger partial charge in [-0.2, -0.15) is 13.2 Å². The predicted molar refractivity (Wildman–Crippen MR) is 90.1 cm³/mol. The van der Waals surface area contributed by atoms with E-state index >= 15 is 0 Å². The molecular weight excluding hydrogens is 396 g/mol. The number of carboxylic acid groups (broad SMARTS) is 1. The van der Waals surface area contributed by atoms with Gasteiger partial charge in [-0.3, -0.25) is 0 Å². The van der Waals surface area contributed by atoms with E-state index in [1.54, 1.807) is 30.3 Å². The van der Waals surface area contributed by atoms with Gasteiger partial charge in [-0.25, -0.2) is 4.79 Å². The van der Waals surface area contributed by atoms with Gasteiger partial charge in [0.15, 0.2) is 5.75 Å². The van der Waals surface area contributed by atoms with Gasteiger partial charge in [0.25, 0.3) is 0 Å². The predicted octanol–water partition coefficient (Wildman–Crippen LogP) is 5.31. The van der Waals surface area contributed by atoms with Crippen molar-refractivity contribution in [2.24, 2.45) is 0 Å². The molecule has 0 saturated heterocycles. The number of para-hydroxylation sites is 1. The number of ether oxygens (including phenoxy) is 2. The first-order chi connectivity index (χ1) is 12.0. The minimum atomic E-state index is -4.63. The lowest BCUT2D eigenvalue weighted by Gasteiger charge is -2.27. The van der Waals surface area contributed by atoms with Crippen molar-refractivity contribution in [2.75, 3.05) is 6.61 Å². The molecule has 1 unspecified atom stereocenters. The molecule has 9 heteroatoms. The molecule has 2 rings (SSSR count). The monoisotopic (exact) mass is 408 g/mol. The Kier molecular flexibility index (Phi) is 5.93. The first-order valence-corrected chi connectivity index (χ1v) is 7.95. The molecule has 0 amide bonds. The number of alkyl halides is 3. The average Bonchev–Trinajstić information content (AvgIpc) is 2.53. The van der Waals surface area contributed by atoms with Crippen LogP contribution < -0.4 is 9.47 Å². The topological polar surface area (TPSA) is 55.8 Å². The van der Waals surface area contributed by atoms with Crippen LogP contribution in [0.25, 0.3) is 0 Å². The van der Waals surface area contributed by atoms with Gasteiger partial charge in [0.05, 0.1) is 15.6 Å². The Morgan fingerprint density at radius 3 is 2.12 bits per heavy atom. The van der Waals surface area contributed by atoms with Crippen molar-refractivity contribution < 1.29 is 32.5 Å². The highest BCUT2D eigenvalue weighted by molar-refractivity contribution is 6.37. The van der Waals surface area contributed by atoms with E-state index in [1.807, 2.05) is 0 Å². The fourth-order valence-electron chi connectivity index (χ4n) is 1.95. The van der Waals surface area contributed by atoms with E-state index in [-0.39, 0.29) is 11.5 Å². The van der Waals surface area contributed by atoms with Crippen molar-refractivity contribution in [1.29, 1.82) is 0 Å². The summed E-state index contributed by atoms with van der Waals surface area (Å²) in [5.74, 6) is -1.31. The second-order valence-corrected chi connectivity index (χ2v) is 6.32. The van der Waals surface area contributed by atoms with Crippen LogP contribution in [0.3, 0.4) is 0 Å². The molecular formula is C17H13Cl2F3O4. The fraction of sp³-hybridized carbons (Fsp3) is 0.235. The molecule has 0 fully saturated rings. The quantitative estimate of drug-likeness (QED) is 0.703. The Hall–Kier alpha value is -2.12. The molecule has 4 nitrogen and oxygen atoms in total. The Morgan fingerprint density at radius 1 is 1.12 bits per heavy atom. The Morgan fingerprint density at radius 2 is 1.65 bits per heavy atom. The van der Waals surface area contributed by atoms with Crippen molar-refractivity contribution in [1.82, 2.24) is 0 Å². The number of carbonyl (C=O) groups is 1. The summed E-state index contributed by atoms with van der Waals surface area (Å²) in [6, 6.07) is 9.45. The van der Waals surface area contributed by atoms with Crippen LogP contribution in [0, 0.1) is 0 Å². The molecule has 140 valence electrons. The molecule has 0 aliphatic carbocycles. The van der Waals surface area contributed by atoms with Crippen LogP contribution in [0.2, 0.25) is 10.0 Å². The molecule has 0 heterocycles. The normalized spacial score (nSPS) is 13.8. The number of halogens is 5. The first kappa shape index (κ1) is 20.2. The van der Waals surface area contributed by atoms with Crippen LogP contribution in [-0.2, 0) is 11.0 Å². The van der Waals surface area contributed by atoms with Crippen molar-refractivity contribution in [3.63, 3.8) is 0 Å². The number of aliphatic carboxylic acids is 1. The average molecular weight is 409 g/mol. The molecule has 0 aliphatic rings. The number of benzene rings is 2. The number of rotatable bonds is 6. The molecule has 0 radical (unpaired) electrons. The molecule has 0 spiro atoms. The summed E-state index contributed by atoms with van der Waals surface area (Å²) in [6.45, 7) is 0.719. The van der Waals surface area contributed by atoms with Gasteiger partial charge in [0, 0.05) is 0 Å². The van der Waals surface area contributed by atoms with Gasteiger partial charge in [-0.15, -0.1) is 0 Å². The van der Waals surface area contributed by atoms with E-state index in [1.165, 1.54) is 6.92 Å². The first-order valence-electron chi connectivity index (χ1n) is 7.19. The molecule has 0 saturated carbocycles. The highest BCUT2D eigenvalue weighted by atomic mass is 35.5. The lowest BCUT2D eigenvalue weighted by atomic mass is 10.1. The SMILES string of the molecule is CC(COc1c(Cl)cc(C(F)(F)F)cc1Cl)(Oc1ccccc1)C(=O)O. The number of hydrogen-bond donors (Lipinski definition) is 1. The maximum absolute atomic E-state index is 12.7. The van der Waals surface area contributed by atoms with Gasteiger partial charge >= 0.3 is 12.1 Å². The smallest absolute Gasteiger partial charge is 0.416 e. The molecule has 26 heavy (non-hydrogen) atoms. The highest BCUT2D eigenvalue weighted by Gasteiger charge is 2.38. The van der Waals surface area contributed by atoms with Gasteiger partial charge < -0.3 is 14.6 Å². The second-order valence-electron chi connectivity index (χ2n) is 5.51. The number of carboxylic acids is 1. The van der Waals surface area contributed by atoms with E-state index in [2.05, 4.69) is 0 Å². The standard InChI is InChI=1S/C17H13Cl2F3O4/c1-16(15(23)24,26-11-5-3-2-4-6-11)9-25-14-12(18)7-10(8-13(14)19)17(20,21)22/h2-8H,9H2,1H3,(H,23,24). The van der Waals surface area contributed by atoms with E-state index in [4.69, 9.17) is 32.7 Å². The van der Waals surface area contributed by atoms with E-state index in [0.717, 1.165) is 0 Å². The Balaban J connectivity index is 2.23. The minimum absolute atomic E-state index is 0.259. The van der Waals surface area contributed by atoms with Crippen molar-refractivity contribution >= 4 is 29.2 Å². The zero-order valence-corrected chi connectivity index (χ0v) is 14.8. The zero-order valence-electron chi connectivity index (χ0n) is 13.3. The summed E-state index contributed by atoms with van der Waals surface area (Å²) in [5.41, 5.74) is -2.86. The van der Waals surface area contributed by atoms with Gasteiger partial charge in [-0.05, 0) is 31.2 Å². The lowest BCUT2D eigenvalue weighted by Crippen LogP contribution is -2.47. The van der Waals surface area contributed by atoms with Crippen molar-refractivity contribution in [2.45, 2.75) is 18.7 Å². The molecule has 0 bridgehead atoms.